The topological polar surface area (TPSA) is 117 Å². The highest BCUT2D eigenvalue weighted by molar-refractivity contribution is 6.33. The molecule has 5 N–H and O–H groups in total. The molecule has 0 aliphatic rings. The van der Waals surface area contributed by atoms with Gasteiger partial charge in [-0.05, 0) is 12.5 Å². The smallest absolute Gasteiger partial charge is 0.138 e. The van der Waals surface area contributed by atoms with Gasteiger partial charge in [0.2, 0.25) is 0 Å². The molecule has 0 fully saturated rings. The number of nitrogens with two attached hydrogens (primary N) is 2. The Morgan fingerprint density at radius 3 is 2.55 bits per heavy atom. The van der Waals surface area contributed by atoms with E-state index in [0.29, 0.717) is 6.42 Å². The molecule has 7 nitrogen and oxygen atoms in total. The molecule has 8 heteroatoms. The number of hydrogen-bond donors (Lipinski definition) is 3. The Labute approximate surface area is 135 Å². The van der Waals surface area contributed by atoms with Gasteiger partial charge in [0, 0.05) is 6.72 Å². The second kappa shape index (κ2) is 10.6. The Hall–Kier alpha value is -2.12. The van der Waals surface area contributed by atoms with E-state index in [2.05, 4.69) is 23.4 Å². The number of nitrogens with zero attached hydrogens (tertiary/aromatic N) is 3. The van der Waals surface area contributed by atoms with Crippen molar-refractivity contribution >= 4 is 30.3 Å². The summed E-state index contributed by atoms with van der Waals surface area (Å²) in [4.78, 5) is 15.0. The number of carbonyl (C=O) groups is 1. The van der Waals surface area contributed by atoms with E-state index in [9.17, 15) is 4.79 Å². The highest BCUT2D eigenvalue weighted by Crippen LogP contribution is 2.20. The van der Waals surface area contributed by atoms with Crippen LogP contribution in [0.5, 0.6) is 0 Å². The van der Waals surface area contributed by atoms with Crippen LogP contribution >= 0.6 is 11.6 Å². The molecule has 0 saturated carbocycles. The first-order valence-electron chi connectivity index (χ1n) is 6.58. The molecule has 0 aromatic heterocycles. The summed E-state index contributed by atoms with van der Waals surface area (Å²) >= 11 is 6.10. The van der Waals surface area contributed by atoms with Gasteiger partial charge in [-0.1, -0.05) is 25.1 Å². The number of rotatable bonds is 10. The maximum Gasteiger partial charge on any atom is 0.138 e. The second-order valence-electron chi connectivity index (χ2n) is 4.17. The summed E-state index contributed by atoms with van der Waals surface area (Å²) in [5.41, 5.74) is 12.1. The van der Waals surface area contributed by atoms with E-state index in [1.165, 1.54) is 17.3 Å². The number of carbonyl (C=O) groups excluding carboxylic acids is 1. The highest BCUT2D eigenvalue weighted by Gasteiger charge is 2.15. The van der Waals surface area contributed by atoms with Crippen molar-refractivity contribution in [3.63, 3.8) is 0 Å². The summed E-state index contributed by atoms with van der Waals surface area (Å²) in [5.74, 6) is -0.330. The summed E-state index contributed by atoms with van der Waals surface area (Å²) < 4.78 is 0. The van der Waals surface area contributed by atoms with Gasteiger partial charge >= 0.3 is 0 Å². The lowest BCUT2D eigenvalue weighted by Gasteiger charge is -2.16. The van der Waals surface area contributed by atoms with Crippen molar-refractivity contribution in [2.45, 2.75) is 13.3 Å². The third kappa shape index (κ3) is 5.71. The van der Waals surface area contributed by atoms with Gasteiger partial charge in [-0.15, -0.1) is 0 Å². The number of aldehydes is 1. The van der Waals surface area contributed by atoms with Gasteiger partial charge in [0.15, 0.2) is 0 Å². The summed E-state index contributed by atoms with van der Waals surface area (Å²) in [6.45, 7) is 8.80. The zero-order valence-electron chi connectivity index (χ0n) is 12.6. The summed E-state index contributed by atoms with van der Waals surface area (Å²) in [7, 11) is 0. The Morgan fingerprint density at radius 2 is 2.14 bits per heavy atom. The first-order valence-corrected chi connectivity index (χ1v) is 6.96. The minimum absolute atomic E-state index is 0.142. The molecule has 122 valence electrons. The molecule has 0 heterocycles. The first-order chi connectivity index (χ1) is 10.5. The molecule has 0 saturated heterocycles. The van der Waals surface area contributed by atoms with Gasteiger partial charge in [-0.3, -0.25) is 4.99 Å². The SMILES string of the molecule is C=CC(=N/C=C(\N)N(CCO)N=C)/C(N)=C(/Cl)C(C=O)CC. The molecule has 0 spiro atoms. The average Bonchev–Trinajstić information content (AvgIpc) is 2.53. The average molecular weight is 328 g/mol. The fourth-order valence-corrected chi connectivity index (χ4v) is 1.77. The quantitative estimate of drug-likeness (QED) is 0.313. The second-order valence-corrected chi connectivity index (χ2v) is 4.58. The van der Waals surface area contributed by atoms with Crippen LogP contribution in [0, 0.1) is 5.92 Å². The number of aliphatic imine (C=N–C) groups is 1. The monoisotopic (exact) mass is 327 g/mol. The fourth-order valence-electron chi connectivity index (χ4n) is 1.47. The lowest BCUT2D eigenvalue weighted by molar-refractivity contribution is -0.110. The number of hydrogen-bond acceptors (Lipinski definition) is 7. The van der Waals surface area contributed by atoms with Crippen molar-refractivity contribution in [2.24, 2.45) is 27.5 Å². The largest absolute Gasteiger partial charge is 0.396 e. The number of aliphatic hydroxyl groups excluding tert-OH is 1. The number of hydrazone groups is 1. The highest BCUT2D eigenvalue weighted by atomic mass is 35.5. The van der Waals surface area contributed by atoms with E-state index >= 15 is 0 Å². The molecule has 0 aromatic rings. The van der Waals surface area contributed by atoms with Crippen molar-refractivity contribution in [3.8, 4) is 0 Å². The summed E-state index contributed by atoms with van der Waals surface area (Å²) in [5, 5.41) is 14.0. The molecular formula is C14H22ClN5O2. The number of halogens is 1. The predicted octanol–water partition coefficient (Wildman–Crippen LogP) is 0.915. The van der Waals surface area contributed by atoms with Crippen molar-refractivity contribution in [3.05, 3.63) is 35.4 Å². The lowest BCUT2D eigenvalue weighted by Crippen LogP contribution is -2.25. The predicted molar refractivity (Wildman–Crippen MR) is 90.2 cm³/mol. The lowest BCUT2D eigenvalue weighted by atomic mass is 10.1. The van der Waals surface area contributed by atoms with Gasteiger partial charge in [-0.25, -0.2) is 5.01 Å². The third-order valence-corrected chi connectivity index (χ3v) is 3.26. The van der Waals surface area contributed by atoms with E-state index in [1.54, 1.807) is 0 Å². The minimum Gasteiger partial charge on any atom is -0.396 e. The Bertz CT molecular complexity index is 499. The van der Waals surface area contributed by atoms with Crippen LogP contribution < -0.4 is 11.5 Å². The van der Waals surface area contributed by atoms with Crippen molar-refractivity contribution in [1.82, 2.24) is 5.01 Å². The molecule has 0 amide bonds. The molecule has 22 heavy (non-hydrogen) atoms. The van der Waals surface area contributed by atoms with Gasteiger partial charge < -0.3 is 21.4 Å². The first kappa shape index (κ1) is 19.9. The van der Waals surface area contributed by atoms with Gasteiger partial charge in [0.1, 0.15) is 12.1 Å². The van der Waals surface area contributed by atoms with Gasteiger partial charge in [0.05, 0.1) is 41.7 Å². The molecular weight excluding hydrogens is 306 g/mol. The van der Waals surface area contributed by atoms with Crippen LogP contribution in [0.2, 0.25) is 0 Å². The fraction of sp³-hybridized carbons (Fsp3) is 0.357. The summed E-state index contributed by atoms with van der Waals surface area (Å²) in [6.07, 6.45) is 3.94. The molecule has 0 aliphatic carbocycles. The maximum absolute atomic E-state index is 10.9. The van der Waals surface area contributed by atoms with E-state index in [4.69, 9.17) is 28.2 Å². The number of aliphatic hydroxyl groups is 1. The van der Waals surface area contributed by atoms with Crippen molar-refractivity contribution in [1.29, 1.82) is 0 Å². The molecule has 0 aliphatic heterocycles. The van der Waals surface area contributed by atoms with Crippen LogP contribution in [0.15, 0.2) is 45.5 Å². The Morgan fingerprint density at radius 1 is 1.50 bits per heavy atom. The van der Waals surface area contributed by atoms with Crippen LogP contribution in [0.3, 0.4) is 0 Å². The van der Waals surface area contributed by atoms with Gasteiger partial charge in [0.25, 0.3) is 0 Å². The molecule has 1 unspecified atom stereocenters. The molecule has 1 atom stereocenters. The van der Waals surface area contributed by atoms with E-state index in [-0.39, 0.29) is 35.4 Å². The van der Waals surface area contributed by atoms with Crippen LogP contribution in [0.25, 0.3) is 0 Å². The third-order valence-electron chi connectivity index (χ3n) is 2.77. The molecule has 0 bridgehead atoms. The minimum atomic E-state index is -0.492. The van der Waals surface area contributed by atoms with Crippen LogP contribution in [0.4, 0.5) is 0 Å². The zero-order valence-corrected chi connectivity index (χ0v) is 13.3. The van der Waals surface area contributed by atoms with Crippen LogP contribution in [-0.4, -0.2) is 42.0 Å². The summed E-state index contributed by atoms with van der Waals surface area (Å²) in [6, 6.07) is 0. The number of allylic oxidation sites excluding steroid dienone is 2. The van der Waals surface area contributed by atoms with E-state index in [0.717, 1.165) is 6.29 Å². The van der Waals surface area contributed by atoms with E-state index < -0.39 is 5.92 Å². The molecule has 0 rings (SSSR count). The normalized spacial score (nSPS) is 14.9. The maximum atomic E-state index is 10.9. The standard InChI is InChI=1S/C14H22ClN5O2/c1-4-10(9-22)13(15)14(17)11(5-2)19-8-12(16)20(18-3)6-7-21/h5,8-10,21H,2-4,6-7,16-17H2,1H3/b12-8+,14-13-,19-11-. The van der Waals surface area contributed by atoms with Crippen molar-refractivity contribution < 1.29 is 9.90 Å². The molecule has 0 aromatic carbocycles. The van der Waals surface area contributed by atoms with Crippen LogP contribution in [-0.2, 0) is 4.79 Å². The van der Waals surface area contributed by atoms with Crippen molar-refractivity contribution in [2.75, 3.05) is 13.2 Å². The van der Waals surface area contributed by atoms with Gasteiger partial charge in [-0.2, -0.15) is 5.10 Å². The zero-order chi connectivity index (χ0) is 17.1. The Balaban J connectivity index is 5.49. The van der Waals surface area contributed by atoms with E-state index in [1.807, 2.05) is 6.92 Å². The Kier molecular flexibility index (Phi) is 9.56. The molecule has 0 radical (unpaired) electrons. The van der Waals surface area contributed by atoms with Crippen LogP contribution in [0.1, 0.15) is 13.3 Å².